The standard InChI is InChI=1S/C35H56O4/c1-9-10-11-13-35(39)20-18-32(6)26(29(35,2)3)12-14-34(8)27(32)25(36)21-23-24-22-31(5,28(37)38)16-15-30(24,4)17-19-33(23,34)7/h21,24,26-27,39H,9-20,22H2,1-8H3,(H,37,38)/t24-,26?,27+,30+,31-,32-,33+,34+,35-/m0/s1. The molecule has 0 aromatic rings. The van der Waals surface area contributed by atoms with Crippen LogP contribution in [-0.2, 0) is 9.59 Å². The third kappa shape index (κ3) is 3.77. The maximum atomic E-state index is 14.5. The summed E-state index contributed by atoms with van der Waals surface area (Å²) in [6.07, 6.45) is 14.5. The van der Waals surface area contributed by atoms with E-state index in [-0.39, 0.29) is 44.7 Å². The Morgan fingerprint density at radius 1 is 0.923 bits per heavy atom. The van der Waals surface area contributed by atoms with Crippen LogP contribution in [0.3, 0.4) is 0 Å². The minimum Gasteiger partial charge on any atom is -0.481 e. The van der Waals surface area contributed by atoms with Crippen LogP contribution in [0.5, 0.6) is 0 Å². The number of aliphatic carboxylic acids is 1. The van der Waals surface area contributed by atoms with Crippen molar-refractivity contribution < 1.29 is 19.8 Å². The first-order valence-electron chi connectivity index (χ1n) is 16.2. The van der Waals surface area contributed by atoms with Crippen LogP contribution < -0.4 is 0 Å². The van der Waals surface area contributed by atoms with Crippen LogP contribution in [-0.4, -0.2) is 27.6 Å². The number of aliphatic hydroxyl groups is 1. The van der Waals surface area contributed by atoms with E-state index >= 15 is 0 Å². The second-order valence-corrected chi connectivity index (χ2v) is 16.8. The Morgan fingerprint density at radius 2 is 1.59 bits per heavy atom. The average molecular weight is 541 g/mol. The predicted molar refractivity (Wildman–Crippen MR) is 156 cm³/mol. The Hall–Kier alpha value is -1.16. The number of carboxylic acid groups (broad SMARTS) is 1. The van der Waals surface area contributed by atoms with Gasteiger partial charge in [-0.3, -0.25) is 9.59 Å². The summed E-state index contributed by atoms with van der Waals surface area (Å²) in [5.41, 5.74) is -0.656. The van der Waals surface area contributed by atoms with E-state index in [2.05, 4.69) is 48.5 Å². The van der Waals surface area contributed by atoms with Gasteiger partial charge in [-0.05, 0) is 116 Å². The van der Waals surface area contributed by atoms with Gasteiger partial charge >= 0.3 is 5.97 Å². The molecule has 0 aromatic carbocycles. The molecule has 5 aliphatic rings. The molecule has 39 heavy (non-hydrogen) atoms. The van der Waals surface area contributed by atoms with Crippen molar-refractivity contribution in [1.82, 2.24) is 0 Å². The molecule has 4 heteroatoms. The summed E-state index contributed by atoms with van der Waals surface area (Å²) in [5.74, 6) is 0.0224. The molecule has 0 spiro atoms. The van der Waals surface area contributed by atoms with E-state index in [4.69, 9.17) is 0 Å². The van der Waals surface area contributed by atoms with E-state index in [9.17, 15) is 19.8 Å². The summed E-state index contributed by atoms with van der Waals surface area (Å²) in [6, 6.07) is 0. The Bertz CT molecular complexity index is 1070. The summed E-state index contributed by atoms with van der Waals surface area (Å²) in [4.78, 5) is 26.8. The van der Waals surface area contributed by atoms with Crippen LogP contribution in [0.25, 0.3) is 0 Å². The number of hydrogen-bond acceptors (Lipinski definition) is 3. The number of allylic oxidation sites excluding steroid dienone is 2. The smallest absolute Gasteiger partial charge is 0.309 e. The van der Waals surface area contributed by atoms with Gasteiger partial charge in [-0.1, -0.05) is 73.3 Å². The van der Waals surface area contributed by atoms with E-state index in [0.717, 1.165) is 77.0 Å². The van der Waals surface area contributed by atoms with Crippen LogP contribution in [0, 0.1) is 50.2 Å². The molecule has 0 aromatic heterocycles. The SMILES string of the molecule is CCCCC[C@]1(O)CC[C@@]2(C)C(CC[C@]3(C)[C@@H]2C(=O)C=C2[C@@H]4C[C@@](C)(C(=O)O)CC[C@]4(C)CC[C@]23C)C1(C)C. The molecule has 4 fully saturated rings. The maximum absolute atomic E-state index is 14.5. The molecule has 0 bridgehead atoms. The van der Waals surface area contributed by atoms with Crippen molar-refractivity contribution in [3.05, 3.63) is 11.6 Å². The fourth-order valence-electron chi connectivity index (χ4n) is 11.5. The highest BCUT2D eigenvalue weighted by atomic mass is 16.4. The van der Waals surface area contributed by atoms with Crippen LogP contribution in [0.2, 0.25) is 0 Å². The normalized spacial score (nSPS) is 50.6. The molecule has 1 unspecified atom stereocenters. The quantitative estimate of drug-likeness (QED) is 0.344. The zero-order chi connectivity index (χ0) is 28.9. The predicted octanol–water partition coefficient (Wildman–Crippen LogP) is 8.36. The number of fused-ring (bicyclic) bond motifs is 7. The fourth-order valence-corrected chi connectivity index (χ4v) is 11.5. The fraction of sp³-hybridized carbons (Fsp3) is 0.886. The Kier molecular flexibility index (Phi) is 6.71. The van der Waals surface area contributed by atoms with Gasteiger partial charge in [0.2, 0.25) is 0 Å². The molecule has 0 heterocycles. The monoisotopic (exact) mass is 540 g/mol. The minimum atomic E-state index is -0.719. The summed E-state index contributed by atoms with van der Waals surface area (Å²) in [6.45, 7) is 18.3. The van der Waals surface area contributed by atoms with E-state index < -0.39 is 17.0 Å². The summed E-state index contributed by atoms with van der Waals surface area (Å²) < 4.78 is 0. The topological polar surface area (TPSA) is 74.6 Å². The number of carbonyl (C=O) groups excluding carboxylic acids is 1. The lowest BCUT2D eigenvalue weighted by molar-refractivity contribution is -0.232. The third-order valence-electron chi connectivity index (χ3n) is 14.7. The Morgan fingerprint density at radius 3 is 2.23 bits per heavy atom. The highest BCUT2D eigenvalue weighted by molar-refractivity contribution is 5.95. The van der Waals surface area contributed by atoms with Gasteiger partial charge in [0.25, 0.3) is 0 Å². The van der Waals surface area contributed by atoms with Crippen molar-refractivity contribution in [2.45, 2.75) is 144 Å². The summed E-state index contributed by atoms with van der Waals surface area (Å²) in [5, 5.41) is 22.2. The van der Waals surface area contributed by atoms with E-state index in [1.54, 1.807) is 0 Å². The van der Waals surface area contributed by atoms with Crippen molar-refractivity contribution in [3.8, 4) is 0 Å². The number of unbranched alkanes of at least 4 members (excludes halogenated alkanes) is 2. The van der Waals surface area contributed by atoms with Crippen LogP contribution in [0.4, 0.5) is 0 Å². The van der Waals surface area contributed by atoms with Gasteiger partial charge in [-0.2, -0.15) is 0 Å². The van der Waals surface area contributed by atoms with Gasteiger partial charge in [0.15, 0.2) is 5.78 Å². The molecular formula is C35H56O4. The van der Waals surface area contributed by atoms with E-state index in [0.29, 0.717) is 12.3 Å². The first-order valence-corrected chi connectivity index (χ1v) is 16.2. The van der Waals surface area contributed by atoms with Gasteiger partial charge in [0.1, 0.15) is 0 Å². The molecule has 0 radical (unpaired) electrons. The van der Waals surface area contributed by atoms with E-state index in [1.807, 2.05) is 13.0 Å². The lowest BCUT2D eigenvalue weighted by Gasteiger charge is -2.71. The lowest BCUT2D eigenvalue weighted by atomic mass is 9.32. The van der Waals surface area contributed by atoms with Crippen molar-refractivity contribution in [1.29, 1.82) is 0 Å². The largest absolute Gasteiger partial charge is 0.481 e. The minimum absolute atomic E-state index is 0.0456. The Balaban J connectivity index is 1.55. The van der Waals surface area contributed by atoms with Crippen LogP contribution in [0.1, 0.15) is 139 Å². The molecular weight excluding hydrogens is 484 g/mol. The lowest BCUT2D eigenvalue weighted by Crippen LogP contribution is -2.68. The molecule has 4 nitrogen and oxygen atoms in total. The molecule has 5 rings (SSSR count). The second-order valence-electron chi connectivity index (χ2n) is 16.8. The number of hydrogen-bond donors (Lipinski definition) is 2. The molecule has 220 valence electrons. The van der Waals surface area contributed by atoms with Crippen LogP contribution in [0.15, 0.2) is 11.6 Å². The molecule has 9 atom stereocenters. The molecule has 0 amide bonds. The zero-order valence-electron chi connectivity index (χ0n) is 26.2. The van der Waals surface area contributed by atoms with Crippen molar-refractivity contribution in [2.75, 3.05) is 0 Å². The molecule has 0 aliphatic heterocycles. The van der Waals surface area contributed by atoms with Gasteiger partial charge in [-0.25, -0.2) is 0 Å². The molecule has 0 saturated heterocycles. The molecule has 2 N–H and O–H groups in total. The van der Waals surface area contributed by atoms with E-state index in [1.165, 1.54) is 5.57 Å². The number of carboxylic acids is 1. The highest BCUT2D eigenvalue weighted by Gasteiger charge is 2.71. The maximum Gasteiger partial charge on any atom is 0.309 e. The second kappa shape index (κ2) is 8.92. The number of ketones is 1. The average Bonchev–Trinajstić information content (AvgIpc) is 2.84. The summed E-state index contributed by atoms with van der Waals surface area (Å²) in [7, 11) is 0. The van der Waals surface area contributed by atoms with Crippen molar-refractivity contribution >= 4 is 11.8 Å². The molecule has 4 saturated carbocycles. The zero-order valence-corrected chi connectivity index (χ0v) is 26.2. The first kappa shape index (κ1) is 29.3. The molecule has 5 aliphatic carbocycles. The van der Waals surface area contributed by atoms with Gasteiger partial charge in [0, 0.05) is 5.92 Å². The Labute approximate surface area is 237 Å². The highest BCUT2D eigenvalue weighted by Crippen LogP contribution is 2.76. The van der Waals surface area contributed by atoms with Crippen LogP contribution >= 0.6 is 0 Å². The van der Waals surface area contributed by atoms with Gasteiger partial charge in [0.05, 0.1) is 11.0 Å². The van der Waals surface area contributed by atoms with Gasteiger partial charge < -0.3 is 10.2 Å². The number of rotatable bonds is 5. The third-order valence-corrected chi connectivity index (χ3v) is 14.7. The van der Waals surface area contributed by atoms with Crippen molar-refractivity contribution in [2.24, 2.45) is 50.2 Å². The first-order chi connectivity index (χ1) is 17.9. The van der Waals surface area contributed by atoms with Crippen molar-refractivity contribution in [3.63, 3.8) is 0 Å². The summed E-state index contributed by atoms with van der Waals surface area (Å²) >= 11 is 0. The number of carbonyl (C=O) groups is 2. The van der Waals surface area contributed by atoms with Gasteiger partial charge in [-0.15, -0.1) is 0 Å².